The maximum Gasteiger partial charge on any atom is 1.00 e. The van der Waals surface area contributed by atoms with Crippen LogP contribution in [0.2, 0.25) is 36.3 Å². The Kier molecular flexibility index (Phi) is 23.9. The van der Waals surface area contributed by atoms with E-state index in [9.17, 15) is 8.42 Å². The number of halogens is 2. The molecule has 2 unspecified atom stereocenters. The van der Waals surface area contributed by atoms with E-state index in [1.807, 2.05) is 13.0 Å². The molecule has 224 valence electrons. The molecule has 1 rings (SSSR count). The predicted octanol–water partition coefficient (Wildman–Crippen LogP) is 2.92. The van der Waals surface area contributed by atoms with Crippen LogP contribution in [0.25, 0.3) is 0 Å². The molecule has 0 aliphatic carbocycles. The molecular weight excluding hydrogens is 781 g/mol. The summed E-state index contributed by atoms with van der Waals surface area (Å²) in [5.41, 5.74) is 0.995. The SMILES string of the molecule is C.C=CC(CI)O[Si](C)(C)C(C)(C)C.C=CC(COS(=O)(=O)c1ccc(C)cc1)O[Si](C)(C)C(C)(C)C.[I-].[Na+]. The van der Waals surface area contributed by atoms with Crippen LogP contribution in [0.3, 0.4) is 0 Å². The average Bonchev–Trinajstić information content (AvgIpc) is 2.74. The molecule has 11 heteroatoms. The van der Waals surface area contributed by atoms with Crippen LogP contribution in [0.5, 0.6) is 0 Å². The molecule has 0 fully saturated rings. The van der Waals surface area contributed by atoms with Crippen LogP contribution in [0, 0.1) is 6.92 Å². The monoisotopic (exact) mass is 834 g/mol. The zero-order chi connectivity index (χ0) is 28.6. The Morgan fingerprint density at radius 1 is 0.872 bits per heavy atom. The molecule has 0 heterocycles. The first-order chi connectivity index (χ1) is 16.1. The van der Waals surface area contributed by atoms with Crippen molar-refractivity contribution in [2.24, 2.45) is 0 Å². The Morgan fingerprint density at radius 3 is 1.54 bits per heavy atom. The molecule has 0 bridgehead atoms. The summed E-state index contributed by atoms with van der Waals surface area (Å²) in [4.78, 5) is 0.151. The fourth-order valence-corrected chi connectivity index (χ4v) is 6.69. The summed E-state index contributed by atoms with van der Waals surface area (Å²) in [6.45, 7) is 31.3. The number of benzene rings is 1. The van der Waals surface area contributed by atoms with Gasteiger partial charge in [0.25, 0.3) is 10.1 Å². The number of alkyl halides is 1. The van der Waals surface area contributed by atoms with Crippen molar-refractivity contribution in [3.63, 3.8) is 0 Å². The van der Waals surface area contributed by atoms with E-state index < -0.39 is 32.9 Å². The number of aryl methyl sites for hydroxylation is 1. The molecule has 1 aromatic rings. The first-order valence-corrected chi connectivity index (χ1v) is 21.0. The van der Waals surface area contributed by atoms with Crippen molar-refractivity contribution in [1.82, 2.24) is 0 Å². The van der Waals surface area contributed by atoms with E-state index in [2.05, 4.69) is 103 Å². The Labute approximate surface area is 296 Å². The second-order valence-corrected chi connectivity index (χ2v) is 24.0. The molecular formula is C28H53I2NaO5SSi2. The van der Waals surface area contributed by atoms with Gasteiger partial charge in [0, 0.05) is 4.43 Å². The molecule has 0 amide bonds. The zero-order valence-electron chi connectivity index (χ0n) is 25.7. The molecule has 0 N–H and O–H groups in total. The topological polar surface area (TPSA) is 61.8 Å². The molecule has 0 spiro atoms. The van der Waals surface area contributed by atoms with Gasteiger partial charge >= 0.3 is 29.6 Å². The van der Waals surface area contributed by atoms with Gasteiger partial charge in [-0.05, 0) is 55.3 Å². The van der Waals surface area contributed by atoms with Gasteiger partial charge in [0.05, 0.1) is 23.7 Å². The van der Waals surface area contributed by atoms with Crippen molar-refractivity contribution in [3.8, 4) is 0 Å². The standard InChI is InChI=1S/C17H28O4SSi.C10H21IOSi.CH4.HI.Na/c1-8-15(21-23(6,7)17(3,4)5)13-20-22(18,19)16-11-9-14(2)10-12-16;1-7-9(8-11)12-13(5,6)10(2,3)4;;;/h8-12,15H,1,13H2,2-7H3;7,9H,1,8H2,2-6H3;1H4;1H;/q;;;;+1/p-1. The minimum atomic E-state index is -3.79. The predicted molar refractivity (Wildman–Crippen MR) is 174 cm³/mol. The van der Waals surface area contributed by atoms with Crippen LogP contribution in [-0.4, -0.2) is 48.3 Å². The Morgan fingerprint density at radius 2 is 1.23 bits per heavy atom. The van der Waals surface area contributed by atoms with E-state index in [0.29, 0.717) is 5.04 Å². The summed E-state index contributed by atoms with van der Waals surface area (Å²) >= 11 is 2.34. The van der Waals surface area contributed by atoms with E-state index in [-0.39, 0.29) is 83.6 Å². The van der Waals surface area contributed by atoms with Crippen molar-refractivity contribution in [1.29, 1.82) is 0 Å². The molecule has 0 radical (unpaired) electrons. The van der Waals surface area contributed by atoms with Crippen LogP contribution < -0.4 is 53.5 Å². The number of hydrogen-bond donors (Lipinski definition) is 0. The Hall–Kier alpha value is 1.42. The number of hydrogen-bond acceptors (Lipinski definition) is 5. The summed E-state index contributed by atoms with van der Waals surface area (Å²) in [6, 6.07) is 6.57. The summed E-state index contributed by atoms with van der Waals surface area (Å²) in [5, 5.41) is 0.324. The second kappa shape index (κ2) is 19.7. The van der Waals surface area contributed by atoms with Gasteiger partial charge in [-0.2, -0.15) is 8.42 Å². The third-order valence-electron chi connectivity index (χ3n) is 6.88. The zero-order valence-corrected chi connectivity index (χ0v) is 34.8. The smallest absolute Gasteiger partial charge is 1.00 e. The van der Waals surface area contributed by atoms with Crippen LogP contribution in [0.15, 0.2) is 54.5 Å². The molecule has 0 aliphatic heterocycles. The Bertz CT molecular complexity index is 942. The van der Waals surface area contributed by atoms with E-state index in [4.69, 9.17) is 13.0 Å². The van der Waals surface area contributed by atoms with Crippen LogP contribution in [0.4, 0.5) is 0 Å². The summed E-state index contributed by atoms with van der Waals surface area (Å²) in [7, 11) is -7.39. The van der Waals surface area contributed by atoms with Gasteiger partial charge < -0.3 is 32.8 Å². The normalized spacial score (nSPS) is 13.7. The van der Waals surface area contributed by atoms with Gasteiger partial charge in [0.1, 0.15) is 0 Å². The number of rotatable bonds is 11. The van der Waals surface area contributed by atoms with Gasteiger partial charge in [-0.3, -0.25) is 4.18 Å². The van der Waals surface area contributed by atoms with Gasteiger partial charge in [0.2, 0.25) is 0 Å². The molecule has 5 nitrogen and oxygen atoms in total. The van der Waals surface area contributed by atoms with Crippen molar-refractivity contribution >= 4 is 49.3 Å². The fraction of sp³-hybridized carbons (Fsp3) is 0.643. The maximum absolute atomic E-state index is 12.2. The molecule has 39 heavy (non-hydrogen) atoms. The maximum atomic E-state index is 12.2. The van der Waals surface area contributed by atoms with E-state index in [1.165, 1.54) is 0 Å². The van der Waals surface area contributed by atoms with E-state index in [0.717, 1.165) is 9.99 Å². The molecule has 2 atom stereocenters. The molecule has 0 saturated heterocycles. The van der Waals surface area contributed by atoms with Crippen molar-refractivity contribution in [3.05, 3.63) is 55.1 Å². The minimum absolute atomic E-state index is 0. The second-order valence-electron chi connectivity index (χ2n) is 12.0. The molecule has 0 aromatic heterocycles. The van der Waals surface area contributed by atoms with Crippen molar-refractivity contribution in [2.75, 3.05) is 11.0 Å². The quantitative estimate of drug-likeness (QED) is 0.113. The van der Waals surface area contributed by atoms with Crippen LogP contribution in [0.1, 0.15) is 54.5 Å². The average molecular weight is 835 g/mol. The van der Waals surface area contributed by atoms with Crippen molar-refractivity contribution in [2.45, 2.75) is 109 Å². The molecule has 0 aliphatic rings. The minimum Gasteiger partial charge on any atom is -1.00 e. The largest absolute Gasteiger partial charge is 1.00 e. The third kappa shape index (κ3) is 16.7. The van der Waals surface area contributed by atoms with E-state index >= 15 is 0 Å². The van der Waals surface area contributed by atoms with Gasteiger partial charge in [-0.15, -0.1) is 13.2 Å². The molecule has 1 aromatic carbocycles. The van der Waals surface area contributed by atoms with Gasteiger partial charge in [-0.25, -0.2) is 0 Å². The van der Waals surface area contributed by atoms with Gasteiger partial charge in [-0.1, -0.05) is 101 Å². The fourth-order valence-electron chi connectivity index (χ4n) is 2.33. The summed E-state index contributed by atoms with van der Waals surface area (Å²) in [6.07, 6.45) is 3.29. The first-order valence-electron chi connectivity index (χ1n) is 12.3. The first kappa shape index (κ1) is 47.4. The third-order valence-corrected chi connectivity index (χ3v) is 18.1. The molecule has 0 saturated carbocycles. The van der Waals surface area contributed by atoms with Crippen LogP contribution in [-0.2, 0) is 23.2 Å². The van der Waals surface area contributed by atoms with Gasteiger partial charge in [0.15, 0.2) is 16.6 Å². The summed E-state index contributed by atoms with van der Waals surface area (Å²) in [5.74, 6) is 0. The van der Waals surface area contributed by atoms with Crippen LogP contribution >= 0.6 is 22.6 Å². The summed E-state index contributed by atoms with van der Waals surface area (Å²) < 4.78 is 42.9. The Balaban J connectivity index is -0.000000332. The van der Waals surface area contributed by atoms with E-state index in [1.54, 1.807) is 30.3 Å². The van der Waals surface area contributed by atoms with Crippen molar-refractivity contribution < 1.29 is 75.0 Å².